The van der Waals surface area contributed by atoms with Gasteiger partial charge < -0.3 is 20.0 Å². The van der Waals surface area contributed by atoms with Crippen LogP contribution >= 0.6 is 11.6 Å². The summed E-state index contributed by atoms with van der Waals surface area (Å²) in [5.41, 5.74) is 2.93. The zero-order valence-corrected chi connectivity index (χ0v) is 19.4. The topological polar surface area (TPSA) is 51.2 Å². The van der Waals surface area contributed by atoms with Crippen molar-refractivity contribution in [1.29, 1.82) is 0 Å². The molecule has 0 spiro atoms. The zero-order valence-electron chi connectivity index (χ0n) is 18.6. The van der Waals surface area contributed by atoms with Gasteiger partial charge in [-0.15, -0.1) is 0 Å². The number of hydrogen-bond acceptors (Lipinski definition) is 3. The number of benzene rings is 2. The fourth-order valence-corrected chi connectivity index (χ4v) is 3.96. The van der Waals surface area contributed by atoms with Gasteiger partial charge in [0.2, 0.25) is 0 Å². The van der Waals surface area contributed by atoms with E-state index in [0.717, 1.165) is 61.4 Å². The lowest BCUT2D eigenvalue weighted by molar-refractivity contribution is 0.0827. The van der Waals surface area contributed by atoms with E-state index < -0.39 is 0 Å². The van der Waals surface area contributed by atoms with Gasteiger partial charge in [0.1, 0.15) is 0 Å². The lowest BCUT2D eigenvalue weighted by atomic mass is 10.1. The summed E-state index contributed by atoms with van der Waals surface area (Å²) in [6.07, 6.45) is 0.795. The van der Waals surface area contributed by atoms with Crippen LogP contribution in [0.25, 0.3) is 0 Å². The molecule has 31 heavy (non-hydrogen) atoms. The van der Waals surface area contributed by atoms with Crippen LogP contribution in [0.5, 0.6) is 0 Å². The van der Waals surface area contributed by atoms with Gasteiger partial charge >= 0.3 is 0 Å². The van der Waals surface area contributed by atoms with Gasteiger partial charge in [-0.3, -0.25) is 9.79 Å². The molecule has 0 aromatic heterocycles. The normalized spacial score (nSPS) is 14.5. The third kappa shape index (κ3) is 6.14. The number of nitrogens with zero attached hydrogens (tertiary/aromatic N) is 4. The van der Waals surface area contributed by atoms with Gasteiger partial charge in [0.25, 0.3) is 5.91 Å². The Labute approximate surface area is 190 Å². The molecule has 1 aliphatic rings. The Morgan fingerprint density at radius 2 is 1.84 bits per heavy atom. The molecule has 6 nitrogen and oxygen atoms in total. The Morgan fingerprint density at radius 1 is 1.10 bits per heavy atom. The van der Waals surface area contributed by atoms with Crippen LogP contribution in [0.4, 0.5) is 5.69 Å². The number of amides is 1. The Morgan fingerprint density at radius 3 is 2.52 bits per heavy atom. The van der Waals surface area contributed by atoms with E-state index in [4.69, 9.17) is 16.6 Å². The van der Waals surface area contributed by atoms with E-state index in [9.17, 15) is 4.79 Å². The minimum absolute atomic E-state index is 0.0232. The molecule has 2 aromatic carbocycles. The highest BCUT2D eigenvalue weighted by Gasteiger charge is 2.21. The number of rotatable bonds is 6. The molecular formula is C24H32ClN5O. The van der Waals surface area contributed by atoms with Gasteiger partial charge in [-0.25, -0.2) is 0 Å². The minimum atomic E-state index is 0.0232. The number of para-hydroxylation sites is 1. The Balaban J connectivity index is 1.59. The highest BCUT2D eigenvalue weighted by molar-refractivity contribution is 6.33. The Hall–Kier alpha value is -2.73. The predicted octanol–water partition coefficient (Wildman–Crippen LogP) is 3.37. The number of hydrogen-bond donors (Lipinski definition) is 1. The smallest absolute Gasteiger partial charge is 0.253 e. The van der Waals surface area contributed by atoms with E-state index >= 15 is 0 Å². The number of carbonyl (C=O) groups is 1. The zero-order chi connectivity index (χ0) is 22.2. The molecule has 0 saturated carbocycles. The van der Waals surface area contributed by atoms with Gasteiger partial charge in [-0.05, 0) is 43.2 Å². The van der Waals surface area contributed by atoms with Crippen molar-refractivity contribution in [3.05, 3.63) is 64.7 Å². The van der Waals surface area contributed by atoms with Gasteiger partial charge in [-0.1, -0.05) is 35.9 Å². The maximum absolute atomic E-state index is 12.2. The van der Waals surface area contributed by atoms with Crippen molar-refractivity contribution in [2.45, 2.75) is 13.3 Å². The monoisotopic (exact) mass is 441 g/mol. The summed E-state index contributed by atoms with van der Waals surface area (Å²) in [4.78, 5) is 23.3. The standard InChI is InChI=1S/C24H32ClN5O/c1-4-26-24(27-13-12-19-8-7-9-20(18-19)23(31)28(2)3)30-16-14-29(15-17-30)22-11-6-5-10-21(22)25/h5-11,18H,4,12-17H2,1-3H3,(H,26,27). The van der Waals surface area contributed by atoms with Gasteiger partial charge in [-0.2, -0.15) is 0 Å². The van der Waals surface area contributed by atoms with E-state index in [1.54, 1.807) is 19.0 Å². The Bertz CT molecular complexity index is 906. The first kappa shape index (κ1) is 22.9. The van der Waals surface area contributed by atoms with Crippen molar-refractivity contribution in [2.75, 3.05) is 58.3 Å². The average molecular weight is 442 g/mol. The minimum Gasteiger partial charge on any atom is -0.367 e. The first-order chi connectivity index (χ1) is 15.0. The van der Waals surface area contributed by atoms with Crippen molar-refractivity contribution in [3.8, 4) is 0 Å². The second-order valence-corrected chi connectivity index (χ2v) is 8.22. The molecule has 1 fully saturated rings. The molecular weight excluding hydrogens is 410 g/mol. The van der Waals surface area contributed by atoms with Crippen LogP contribution in [0.3, 0.4) is 0 Å². The van der Waals surface area contributed by atoms with Crippen LogP contribution in [-0.2, 0) is 6.42 Å². The van der Waals surface area contributed by atoms with Crippen LogP contribution in [0.1, 0.15) is 22.8 Å². The molecule has 1 amide bonds. The molecule has 0 unspecified atom stereocenters. The molecule has 1 heterocycles. The fraction of sp³-hybridized carbons (Fsp3) is 0.417. The Kier molecular flexibility index (Phi) is 8.18. The third-order valence-electron chi connectivity index (χ3n) is 5.35. The van der Waals surface area contributed by atoms with Crippen LogP contribution in [0, 0.1) is 0 Å². The largest absolute Gasteiger partial charge is 0.367 e. The summed E-state index contributed by atoms with van der Waals surface area (Å²) < 4.78 is 0. The van der Waals surface area contributed by atoms with Crippen molar-refractivity contribution in [2.24, 2.45) is 4.99 Å². The van der Waals surface area contributed by atoms with Crippen LogP contribution in [0.2, 0.25) is 5.02 Å². The second kappa shape index (κ2) is 11.0. The lowest BCUT2D eigenvalue weighted by Crippen LogP contribution is -2.52. The number of anilines is 1. The van der Waals surface area contributed by atoms with E-state index in [2.05, 4.69) is 34.2 Å². The molecule has 3 rings (SSSR count). The van der Waals surface area contributed by atoms with Crippen molar-refractivity contribution < 1.29 is 4.79 Å². The average Bonchev–Trinajstić information content (AvgIpc) is 2.78. The summed E-state index contributed by atoms with van der Waals surface area (Å²) in [7, 11) is 3.54. The highest BCUT2D eigenvalue weighted by Crippen LogP contribution is 2.26. The summed E-state index contributed by atoms with van der Waals surface area (Å²) >= 11 is 6.37. The van der Waals surface area contributed by atoms with Crippen LogP contribution in [-0.4, -0.2) is 75.0 Å². The van der Waals surface area contributed by atoms with Gasteiger partial charge in [0.05, 0.1) is 10.7 Å². The molecule has 0 bridgehead atoms. The molecule has 1 N–H and O–H groups in total. The van der Waals surface area contributed by atoms with E-state index in [1.165, 1.54) is 0 Å². The predicted molar refractivity (Wildman–Crippen MR) is 129 cm³/mol. The third-order valence-corrected chi connectivity index (χ3v) is 5.67. The van der Waals surface area contributed by atoms with Crippen molar-refractivity contribution in [3.63, 3.8) is 0 Å². The maximum atomic E-state index is 12.2. The highest BCUT2D eigenvalue weighted by atomic mass is 35.5. The molecule has 0 radical (unpaired) electrons. The number of halogens is 1. The number of guanidine groups is 1. The summed E-state index contributed by atoms with van der Waals surface area (Å²) in [5.74, 6) is 0.969. The first-order valence-electron chi connectivity index (χ1n) is 10.8. The number of nitrogens with one attached hydrogen (secondary N) is 1. The van der Waals surface area contributed by atoms with E-state index in [-0.39, 0.29) is 5.91 Å². The van der Waals surface area contributed by atoms with E-state index in [0.29, 0.717) is 12.1 Å². The van der Waals surface area contributed by atoms with Crippen molar-refractivity contribution >= 4 is 29.2 Å². The van der Waals surface area contributed by atoms with Crippen LogP contribution in [0.15, 0.2) is 53.5 Å². The maximum Gasteiger partial charge on any atom is 0.253 e. The second-order valence-electron chi connectivity index (χ2n) is 7.81. The number of piperazine rings is 1. The first-order valence-corrected chi connectivity index (χ1v) is 11.2. The van der Waals surface area contributed by atoms with Crippen LogP contribution < -0.4 is 10.2 Å². The quantitative estimate of drug-likeness (QED) is 0.551. The SMILES string of the molecule is CCNC(=NCCc1cccc(C(=O)N(C)C)c1)N1CCN(c2ccccc2Cl)CC1. The molecule has 7 heteroatoms. The van der Waals surface area contributed by atoms with Gasteiger partial charge in [0, 0.05) is 58.9 Å². The summed E-state index contributed by atoms with van der Waals surface area (Å²) in [6, 6.07) is 15.8. The molecule has 1 aliphatic heterocycles. The molecule has 0 atom stereocenters. The van der Waals surface area contributed by atoms with Gasteiger partial charge in [0.15, 0.2) is 5.96 Å². The van der Waals surface area contributed by atoms with E-state index in [1.807, 2.05) is 36.4 Å². The summed E-state index contributed by atoms with van der Waals surface area (Å²) in [6.45, 7) is 7.19. The number of aliphatic imine (C=N–C) groups is 1. The summed E-state index contributed by atoms with van der Waals surface area (Å²) in [5, 5.41) is 4.22. The number of carbonyl (C=O) groups excluding carboxylic acids is 1. The molecule has 0 aliphatic carbocycles. The molecule has 1 saturated heterocycles. The lowest BCUT2D eigenvalue weighted by Gasteiger charge is -2.38. The fourth-order valence-electron chi connectivity index (χ4n) is 3.70. The molecule has 166 valence electrons. The van der Waals surface area contributed by atoms with Crippen molar-refractivity contribution in [1.82, 2.24) is 15.1 Å². The molecule has 2 aromatic rings.